The molecule has 0 aliphatic heterocycles. The molecule has 1 aliphatic rings. The second-order valence-corrected chi connectivity index (χ2v) is 6.86. The van der Waals surface area contributed by atoms with Gasteiger partial charge in [0.05, 0.1) is 11.4 Å². The Morgan fingerprint density at radius 3 is 3.05 bits per heavy atom. The molecule has 7 heteroatoms. The zero-order valence-electron chi connectivity index (χ0n) is 11.0. The molecule has 0 unspecified atom stereocenters. The van der Waals surface area contributed by atoms with Crippen molar-refractivity contribution >= 4 is 49.6 Å². The van der Waals surface area contributed by atoms with Gasteiger partial charge in [0.15, 0.2) is 5.13 Å². The van der Waals surface area contributed by atoms with E-state index >= 15 is 0 Å². The summed E-state index contributed by atoms with van der Waals surface area (Å²) in [6.07, 6.45) is 4.10. The molecule has 4 rings (SSSR count). The summed E-state index contributed by atoms with van der Waals surface area (Å²) in [6.45, 7) is 0. The van der Waals surface area contributed by atoms with Gasteiger partial charge in [-0.2, -0.15) is 0 Å². The lowest BCUT2D eigenvalue weighted by atomic mass is 10.2. The van der Waals surface area contributed by atoms with Gasteiger partial charge in [-0.1, -0.05) is 0 Å². The number of anilines is 2. The maximum Gasteiger partial charge on any atom is 0.269 e. The highest BCUT2D eigenvalue weighted by Gasteiger charge is 2.26. The number of thiophene rings is 1. The molecule has 3 N–H and O–H groups in total. The number of thiazole rings is 1. The molecule has 1 saturated carbocycles. The SMILES string of the molecule is Nc1c(C(=O)Nc2nc(C3CC3)cs2)sc2ncccc12. The van der Waals surface area contributed by atoms with Gasteiger partial charge in [-0.25, -0.2) is 9.97 Å². The number of carbonyl (C=O) groups is 1. The summed E-state index contributed by atoms with van der Waals surface area (Å²) < 4.78 is 0. The Bertz CT molecular complexity index is 834. The summed E-state index contributed by atoms with van der Waals surface area (Å²) in [5.74, 6) is 0.373. The van der Waals surface area contributed by atoms with Crippen molar-refractivity contribution in [3.8, 4) is 0 Å². The van der Waals surface area contributed by atoms with Crippen LogP contribution in [0.25, 0.3) is 10.2 Å². The predicted molar refractivity (Wildman–Crippen MR) is 86.1 cm³/mol. The van der Waals surface area contributed by atoms with Crippen molar-refractivity contribution in [2.45, 2.75) is 18.8 Å². The molecule has 0 aromatic carbocycles. The highest BCUT2D eigenvalue weighted by Crippen LogP contribution is 2.41. The third-order valence-corrected chi connectivity index (χ3v) is 5.35. The zero-order valence-corrected chi connectivity index (χ0v) is 12.6. The van der Waals surface area contributed by atoms with E-state index in [0.29, 0.717) is 21.6 Å². The van der Waals surface area contributed by atoms with Gasteiger partial charge in [0.2, 0.25) is 0 Å². The van der Waals surface area contributed by atoms with Gasteiger partial charge in [-0.15, -0.1) is 22.7 Å². The summed E-state index contributed by atoms with van der Waals surface area (Å²) in [5, 5.41) is 6.31. The Morgan fingerprint density at radius 1 is 1.43 bits per heavy atom. The third kappa shape index (κ3) is 2.28. The van der Waals surface area contributed by atoms with E-state index in [1.807, 2.05) is 17.5 Å². The highest BCUT2D eigenvalue weighted by atomic mass is 32.1. The van der Waals surface area contributed by atoms with E-state index < -0.39 is 0 Å². The Hall–Kier alpha value is -1.99. The minimum Gasteiger partial charge on any atom is -0.397 e. The number of carbonyl (C=O) groups excluding carboxylic acids is 1. The van der Waals surface area contributed by atoms with E-state index in [2.05, 4.69) is 15.3 Å². The van der Waals surface area contributed by atoms with Crippen LogP contribution in [0, 0.1) is 0 Å². The van der Waals surface area contributed by atoms with Crippen molar-refractivity contribution in [1.29, 1.82) is 0 Å². The monoisotopic (exact) mass is 316 g/mol. The van der Waals surface area contributed by atoms with E-state index in [4.69, 9.17) is 5.73 Å². The molecule has 1 fully saturated rings. The van der Waals surface area contributed by atoms with Crippen molar-refractivity contribution < 1.29 is 4.79 Å². The smallest absolute Gasteiger partial charge is 0.269 e. The normalized spacial score (nSPS) is 14.5. The predicted octanol–water partition coefficient (Wildman–Crippen LogP) is 3.46. The van der Waals surface area contributed by atoms with Gasteiger partial charge < -0.3 is 5.73 Å². The molecule has 1 aliphatic carbocycles. The Labute approximate surface area is 128 Å². The Morgan fingerprint density at radius 2 is 2.29 bits per heavy atom. The van der Waals surface area contributed by atoms with Crippen LogP contribution in [-0.4, -0.2) is 15.9 Å². The van der Waals surface area contributed by atoms with E-state index in [9.17, 15) is 4.79 Å². The number of pyridine rings is 1. The number of nitrogens with one attached hydrogen (secondary N) is 1. The molecule has 3 aromatic heterocycles. The van der Waals surface area contributed by atoms with Crippen molar-refractivity contribution in [3.63, 3.8) is 0 Å². The maximum absolute atomic E-state index is 12.4. The number of rotatable bonds is 3. The lowest BCUT2D eigenvalue weighted by molar-refractivity contribution is 0.103. The van der Waals surface area contributed by atoms with Crippen molar-refractivity contribution in [2.75, 3.05) is 11.1 Å². The lowest BCUT2D eigenvalue weighted by Crippen LogP contribution is -2.11. The molecule has 3 heterocycles. The fraction of sp³-hybridized carbons (Fsp3) is 0.214. The fourth-order valence-electron chi connectivity index (χ4n) is 2.18. The second kappa shape index (κ2) is 4.78. The number of nitrogen functional groups attached to an aromatic ring is 1. The quantitative estimate of drug-likeness (QED) is 0.775. The number of nitrogens with zero attached hydrogens (tertiary/aromatic N) is 2. The van der Waals surface area contributed by atoms with Crippen molar-refractivity contribution in [2.24, 2.45) is 0 Å². The summed E-state index contributed by atoms with van der Waals surface area (Å²) in [6, 6.07) is 3.69. The molecule has 3 aromatic rings. The highest BCUT2D eigenvalue weighted by molar-refractivity contribution is 7.21. The largest absolute Gasteiger partial charge is 0.397 e. The van der Waals surface area contributed by atoms with Crippen LogP contribution in [0.1, 0.15) is 34.1 Å². The number of hydrogen-bond donors (Lipinski definition) is 2. The first kappa shape index (κ1) is 12.7. The molecule has 1 amide bonds. The van der Waals surface area contributed by atoms with Crippen molar-refractivity contribution in [3.05, 3.63) is 34.3 Å². The molecular weight excluding hydrogens is 304 g/mol. The molecule has 5 nitrogen and oxygen atoms in total. The van der Waals surface area contributed by atoms with Gasteiger partial charge in [0.25, 0.3) is 5.91 Å². The van der Waals surface area contributed by atoms with Crippen LogP contribution in [0.15, 0.2) is 23.7 Å². The van der Waals surface area contributed by atoms with Crippen molar-refractivity contribution in [1.82, 2.24) is 9.97 Å². The molecule has 0 atom stereocenters. The van der Waals surface area contributed by atoms with Gasteiger partial charge in [-0.3, -0.25) is 10.1 Å². The van der Waals surface area contributed by atoms with Crippen LogP contribution in [0.5, 0.6) is 0 Å². The summed E-state index contributed by atoms with van der Waals surface area (Å²) >= 11 is 2.76. The Kier molecular flexibility index (Phi) is 2.90. The molecule has 0 saturated heterocycles. The number of amides is 1. The van der Waals surface area contributed by atoms with Gasteiger partial charge in [-0.05, 0) is 25.0 Å². The minimum atomic E-state index is -0.216. The number of aromatic nitrogens is 2. The first-order valence-electron chi connectivity index (χ1n) is 6.62. The first-order chi connectivity index (χ1) is 10.2. The van der Waals surface area contributed by atoms with Crippen LogP contribution in [0.3, 0.4) is 0 Å². The molecule has 21 heavy (non-hydrogen) atoms. The topological polar surface area (TPSA) is 80.9 Å². The van der Waals surface area contributed by atoms with Crippen LogP contribution >= 0.6 is 22.7 Å². The van der Waals surface area contributed by atoms with Gasteiger partial charge in [0.1, 0.15) is 9.71 Å². The summed E-state index contributed by atoms with van der Waals surface area (Å²) in [5.41, 5.74) is 7.62. The van der Waals surface area contributed by atoms with E-state index in [0.717, 1.165) is 15.9 Å². The zero-order chi connectivity index (χ0) is 14.4. The lowest BCUT2D eigenvalue weighted by Gasteiger charge is -2.00. The first-order valence-corrected chi connectivity index (χ1v) is 8.32. The van der Waals surface area contributed by atoms with Crippen LogP contribution in [-0.2, 0) is 0 Å². The molecule has 106 valence electrons. The van der Waals surface area contributed by atoms with Crippen LogP contribution in [0.2, 0.25) is 0 Å². The maximum atomic E-state index is 12.4. The van der Waals surface area contributed by atoms with E-state index in [1.54, 1.807) is 6.20 Å². The summed E-state index contributed by atoms with van der Waals surface area (Å²) in [4.78, 5) is 22.3. The van der Waals surface area contributed by atoms with E-state index in [-0.39, 0.29) is 5.91 Å². The number of hydrogen-bond acceptors (Lipinski definition) is 6. The standard InChI is InChI=1S/C14H12N4OS2/c15-10-8-2-1-5-16-13(8)21-11(10)12(19)18-14-17-9(6-20-14)7-3-4-7/h1-2,5-7H,3-4,15H2,(H,17,18,19). The average Bonchev–Trinajstić information content (AvgIpc) is 3.15. The Balaban J connectivity index is 1.61. The number of nitrogens with two attached hydrogens (primary N) is 1. The third-order valence-electron chi connectivity index (χ3n) is 3.45. The molecule has 0 spiro atoms. The minimum absolute atomic E-state index is 0.216. The average molecular weight is 316 g/mol. The fourth-order valence-corrected chi connectivity index (χ4v) is 3.93. The second-order valence-electron chi connectivity index (χ2n) is 5.01. The van der Waals surface area contributed by atoms with Crippen LogP contribution < -0.4 is 11.1 Å². The molecular formula is C14H12N4OS2. The van der Waals surface area contributed by atoms with Gasteiger partial charge in [0, 0.05) is 22.9 Å². The van der Waals surface area contributed by atoms with Crippen LogP contribution in [0.4, 0.5) is 10.8 Å². The number of fused-ring (bicyclic) bond motifs is 1. The summed E-state index contributed by atoms with van der Waals surface area (Å²) in [7, 11) is 0. The molecule has 0 bridgehead atoms. The molecule has 0 radical (unpaired) electrons. The van der Waals surface area contributed by atoms with E-state index in [1.165, 1.54) is 35.5 Å². The van der Waals surface area contributed by atoms with Gasteiger partial charge >= 0.3 is 0 Å².